The number of amides is 2. The van der Waals surface area contributed by atoms with Gasteiger partial charge in [-0.2, -0.15) is 4.98 Å². The number of rotatable bonds is 4. The van der Waals surface area contributed by atoms with E-state index in [4.69, 9.17) is 9.26 Å². The molecule has 4 rings (SSSR count). The number of aryl methyl sites for hydroxylation is 1. The second-order valence-corrected chi connectivity index (χ2v) is 8.07. The quantitative estimate of drug-likeness (QED) is 0.866. The molecule has 2 saturated heterocycles. The lowest BCUT2D eigenvalue weighted by Crippen LogP contribution is -2.60. The van der Waals surface area contributed by atoms with Crippen molar-refractivity contribution in [3.8, 4) is 0 Å². The van der Waals surface area contributed by atoms with Crippen LogP contribution < -0.4 is 5.32 Å². The molecule has 150 valence electrons. The second kappa shape index (κ2) is 8.14. The van der Waals surface area contributed by atoms with Crippen LogP contribution in [-0.2, 0) is 4.74 Å². The smallest absolute Gasteiger partial charge is 0.318 e. The van der Waals surface area contributed by atoms with Crippen LogP contribution >= 0.6 is 0 Å². The number of hydrogen-bond acceptors (Lipinski definition) is 6. The number of urea groups is 1. The van der Waals surface area contributed by atoms with Crippen molar-refractivity contribution >= 4 is 6.03 Å². The van der Waals surface area contributed by atoms with Gasteiger partial charge in [0.25, 0.3) is 0 Å². The molecular weight excluding hydrogens is 346 g/mol. The third-order valence-electron chi connectivity index (χ3n) is 6.38. The Morgan fingerprint density at radius 2 is 1.96 bits per heavy atom. The summed E-state index contributed by atoms with van der Waals surface area (Å²) in [7, 11) is 0. The molecule has 8 heteroatoms. The monoisotopic (exact) mass is 377 g/mol. The molecule has 0 bridgehead atoms. The number of aromatic nitrogens is 2. The predicted molar refractivity (Wildman–Crippen MR) is 99.3 cm³/mol. The Morgan fingerprint density at radius 1 is 1.19 bits per heavy atom. The highest BCUT2D eigenvalue weighted by atomic mass is 16.5. The number of carbonyl (C=O) groups excluding carboxylic acids is 1. The van der Waals surface area contributed by atoms with Crippen LogP contribution in [-0.4, -0.2) is 70.9 Å². The van der Waals surface area contributed by atoms with Crippen LogP contribution in [0.2, 0.25) is 0 Å². The van der Waals surface area contributed by atoms with Crippen molar-refractivity contribution in [1.29, 1.82) is 0 Å². The molecule has 1 aliphatic carbocycles. The minimum absolute atomic E-state index is 0.00781. The molecule has 2 amide bonds. The van der Waals surface area contributed by atoms with Crippen LogP contribution in [0.5, 0.6) is 0 Å². The van der Waals surface area contributed by atoms with E-state index in [1.54, 1.807) is 0 Å². The highest BCUT2D eigenvalue weighted by molar-refractivity contribution is 5.75. The van der Waals surface area contributed by atoms with Crippen LogP contribution in [0.3, 0.4) is 0 Å². The minimum atomic E-state index is -0.100. The van der Waals surface area contributed by atoms with E-state index in [-0.39, 0.29) is 17.6 Å². The van der Waals surface area contributed by atoms with E-state index in [1.165, 1.54) is 19.3 Å². The number of ether oxygens (including phenoxy) is 1. The largest absolute Gasteiger partial charge is 0.379 e. The minimum Gasteiger partial charge on any atom is -0.379 e. The normalized spacial score (nSPS) is 26.3. The van der Waals surface area contributed by atoms with E-state index in [9.17, 15) is 4.79 Å². The lowest BCUT2D eigenvalue weighted by Gasteiger charge is -2.48. The maximum absolute atomic E-state index is 13.0. The fraction of sp³-hybridized carbons (Fsp3) is 0.842. The highest BCUT2D eigenvalue weighted by Gasteiger charge is 2.40. The number of nitrogens with one attached hydrogen (secondary N) is 1. The zero-order valence-electron chi connectivity index (χ0n) is 16.3. The molecule has 0 aromatic carbocycles. The van der Waals surface area contributed by atoms with Crippen molar-refractivity contribution < 1.29 is 14.1 Å². The SMILES string of the molecule is Cc1noc([C@@H]2CCCN2C(=O)NCC2(N3CCOCC3)CCCCC2)n1. The van der Waals surface area contributed by atoms with E-state index in [0.29, 0.717) is 18.3 Å². The zero-order valence-corrected chi connectivity index (χ0v) is 16.3. The fourth-order valence-electron chi connectivity index (χ4n) is 4.91. The van der Waals surface area contributed by atoms with Gasteiger partial charge in [-0.15, -0.1) is 0 Å². The molecule has 8 nitrogen and oxygen atoms in total. The summed E-state index contributed by atoms with van der Waals surface area (Å²) in [6.45, 7) is 6.76. The lowest BCUT2D eigenvalue weighted by atomic mass is 9.80. The molecule has 1 saturated carbocycles. The molecule has 3 aliphatic rings. The summed E-state index contributed by atoms with van der Waals surface area (Å²) in [4.78, 5) is 21.7. The van der Waals surface area contributed by atoms with E-state index in [1.807, 2.05) is 11.8 Å². The van der Waals surface area contributed by atoms with Gasteiger partial charge in [0.05, 0.1) is 13.2 Å². The van der Waals surface area contributed by atoms with Gasteiger partial charge in [0, 0.05) is 31.7 Å². The highest BCUT2D eigenvalue weighted by Crippen LogP contribution is 2.35. The van der Waals surface area contributed by atoms with Crippen molar-refractivity contribution in [2.24, 2.45) is 0 Å². The van der Waals surface area contributed by atoms with Crippen molar-refractivity contribution in [1.82, 2.24) is 25.3 Å². The molecule has 1 aromatic heterocycles. The predicted octanol–water partition coefficient (Wildman–Crippen LogP) is 2.26. The van der Waals surface area contributed by atoms with Crippen molar-refractivity contribution in [3.05, 3.63) is 11.7 Å². The number of carbonyl (C=O) groups is 1. The number of likely N-dealkylation sites (tertiary alicyclic amines) is 1. The van der Waals surface area contributed by atoms with Gasteiger partial charge in [0.1, 0.15) is 6.04 Å². The van der Waals surface area contributed by atoms with E-state index in [0.717, 1.165) is 58.5 Å². The average molecular weight is 377 g/mol. The van der Waals surface area contributed by atoms with Gasteiger partial charge in [-0.25, -0.2) is 4.79 Å². The third-order valence-corrected chi connectivity index (χ3v) is 6.38. The Labute approximate surface area is 160 Å². The van der Waals surface area contributed by atoms with Crippen molar-refractivity contribution in [2.45, 2.75) is 63.5 Å². The molecule has 3 heterocycles. The van der Waals surface area contributed by atoms with Crippen LogP contribution in [0.25, 0.3) is 0 Å². The van der Waals surface area contributed by atoms with Gasteiger partial charge in [-0.3, -0.25) is 4.90 Å². The van der Waals surface area contributed by atoms with E-state index in [2.05, 4.69) is 20.4 Å². The maximum atomic E-state index is 13.0. The standard InChI is InChI=1S/C19H31N5O3/c1-15-21-17(27-22-15)16-6-5-9-24(16)18(25)20-14-19(7-3-2-4-8-19)23-10-12-26-13-11-23/h16H,2-14H2,1H3,(H,20,25)/t16-/m0/s1. The maximum Gasteiger partial charge on any atom is 0.318 e. The van der Waals surface area contributed by atoms with Gasteiger partial charge in [0.2, 0.25) is 5.89 Å². The van der Waals surface area contributed by atoms with Crippen molar-refractivity contribution in [2.75, 3.05) is 39.4 Å². The molecule has 0 spiro atoms. The first-order valence-electron chi connectivity index (χ1n) is 10.4. The first-order valence-corrected chi connectivity index (χ1v) is 10.4. The molecule has 27 heavy (non-hydrogen) atoms. The fourth-order valence-corrected chi connectivity index (χ4v) is 4.91. The van der Waals surface area contributed by atoms with E-state index >= 15 is 0 Å². The molecule has 3 fully saturated rings. The first kappa shape index (κ1) is 18.7. The molecule has 1 atom stereocenters. The van der Waals surface area contributed by atoms with Crippen molar-refractivity contribution in [3.63, 3.8) is 0 Å². The molecule has 1 N–H and O–H groups in total. The summed E-state index contributed by atoms with van der Waals surface area (Å²) in [6, 6.07) is -0.108. The summed E-state index contributed by atoms with van der Waals surface area (Å²) < 4.78 is 10.9. The number of nitrogens with zero attached hydrogens (tertiary/aromatic N) is 4. The Hall–Kier alpha value is -1.67. The first-order chi connectivity index (χ1) is 13.2. The topological polar surface area (TPSA) is 83.7 Å². The van der Waals surface area contributed by atoms with Gasteiger partial charge < -0.3 is 19.5 Å². The Kier molecular flexibility index (Phi) is 5.63. The molecule has 0 radical (unpaired) electrons. The van der Waals surface area contributed by atoms with Crippen LogP contribution in [0, 0.1) is 6.92 Å². The summed E-state index contributed by atoms with van der Waals surface area (Å²) in [6.07, 6.45) is 7.92. The van der Waals surface area contributed by atoms with Gasteiger partial charge >= 0.3 is 6.03 Å². The lowest BCUT2D eigenvalue weighted by molar-refractivity contribution is -0.0361. The summed E-state index contributed by atoms with van der Waals surface area (Å²) >= 11 is 0. The van der Waals surface area contributed by atoms with Crippen LogP contribution in [0.4, 0.5) is 4.79 Å². The third kappa shape index (κ3) is 3.96. The zero-order chi connectivity index (χ0) is 18.7. The molecule has 2 aliphatic heterocycles. The van der Waals surface area contributed by atoms with Gasteiger partial charge in [0.15, 0.2) is 5.82 Å². The molecule has 1 aromatic rings. The second-order valence-electron chi connectivity index (χ2n) is 8.07. The molecule has 0 unspecified atom stereocenters. The molecular formula is C19H31N5O3. The number of morpholine rings is 1. The van der Waals surface area contributed by atoms with Gasteiger partial charge in [-0.05, 0) is 32.6 Å². The summed E-state index contributed by atoms with van der Waals surface area (Å²) in [5.41, 5.74) is 0.0774. The number of hydrogen-bond donors (Lipinski definition) is 1. The van der Waals surface area contributed by atoms with Crippen LogP contribution in [0.15, 0.2) is 4.52 Å². The summed E-state index contributed by atoms with van der Waals surface area (Å²) in [5, 5.41) is 7.14. The summed E-state index contributed by atoms with van der Waals surface area (Å²) in [5.74, 6) is 1.17. The van der Waals surface area contributed by atoms with Gasteiger partial charge in [-0.1, -0.05) is 24.4 Å². The van der Waals surface area contributed by atoms with Crippen LogP contribution in [0.1, 0.15) is 62.7 Å². The van der Waals surface area contributed by atoms with E-state index < -0.39 is 0 Å². The Balaban J connectivity index is 1.41. The Morgan fingerprint density at radius 3 is 2.67 bits per heavy atom. The average Bonchev–Trinajstić information content (AvgIpc) is 3.36. The Bertz CT molecular complexity index is 637.